The van der Waals surface area contributed by atoms with Crippen LogP contribution in [-0.4, -0.2) is 35.2 Å². The van der Waals surface area contributed by atoms with Gasteiger partial charge in [-0.2, -0.15) is 5.10 Å². The fourth-order valence-electron chi connectivity index (χ4n) is 4.93. The molecule has 1 saturated carbocycles. The Bertz CT molecular complexity index is 1770. The molecule has 3 aromatic heterocycles. The van der Waals surface area contributed by atoms with Crippen LogP contribution in [0.1, 0.15) is 51.0 Å². The van der Waals surface area contributed by atoms with E-state index in [4.69, 9.17) is 15.8 Å². The zero-order valence-corrected chi connectivity index (χ0v) is 20.8. The van der Waals surface area contributed by atoms with Crippen molar-refractivity contribution in [3.05, 3.63) is 70.8 Å². The molecule has 11 heteroatoms. The molecule has 5 aromatic rings. The number of anilines is 2. The molecule has 192 valence electrons. The quantitative estimate of drug-likeness (QED) is 0.348. The van der Waals surface area contributed by atoms with Crippen molar-refractivity contribution < 1.29 is 9.18 Å². The van der Waals surface area contributed by atoms with E-state index in [0.717, 1.165) is 18.4 Å². The highest BCUT2D eigenvalue weighted by Gasteiger charge is 2.33. The molecule has 3 N–H and O–H groups in total. The Morgan fingerprint density at radius 2 is 1.92 bits per heavy atom. The van der Waals surface area contributed by atoms with Gasteiger partial charge in [0.05, 0.1) is 10.9 Å². The summed E-state index contributed by atoms with van der Waals surface area (Å²) in [5.74, 6) is 0.0295. The van der Waals surface area contributed by atoms with Gasteiger partial charge >= 0.3 is 0 Å². The molecule has 0 bridgehead atoms. The number of halogens is 1. The van der Waals surface area contributed by atoms with E-state index in [0.29, 0.717) is 40.2 Å². The topological polar surface area (TPSA) is 134 Å². The van der Waals surface area contributed by atoms with Gasteiger partial charge in [-0.1, -0.05) is 25.1 Å². The van der Waals surface area contributed by atoms with Gasteiger partial charge in [0.1, 0.15) is 40.9 Å². The van der Waals surface area contributed by atoms with E-state index in [1.54, 1.807) is 33.5 Å². The second-order valence-electron chi connectivity index (χ2n) is 9.44. The van der Waals surface area contributed by atoms with E-state index in [-0.39, 0.29) is 28.7 Å². The molecule has 6 rings (SSSR count). The van der Waals surface area contributed by atoms with Gasteiger partial charge in [-0.3, -0.25) is 14.2 Å². The molecule has 38 heavy (non-hydrogen) atoms. The third-order valence-electron chi connectivity index (χ3n) is 6.79. The number of hydrogen-bond acceptors (Lipinski definition) is 7. The van der Waals surface area contributed by atoms with Crippen LogP contribution in [0.25, 0.3) is 33.2 Å². The van der Waals surface area contributed by atoms with Gasteiger partial charge in [-0.05, 0) is 43.5 Å². The Kier molecular flexibility index (Phi) is 5.63. The molecule has 0 aliphatic heterocycles. The monoisotopic (exact) mass is 512 g/mol. The fraction of sp³-hybridized carbons (Fsp3) is 0.259. The van der Waals surface area contributed by atoms with E-state index in [9.17, 15) is 14.0 Å². The maximum Gasteiger partial charge on any atom is 0.264 e. The molecule has 10 nitrogen and oxygen atoms in total. The minimum atomic E-state index is -0.580. The molecule has 1 amide bonds. The summed E-state index contributed by atoms with van der Waals surface area (Å²) in [6, 6.07) is 11.2. The van der Waals surface area contributed by atoms with E-state index < -0.39 is 11.9 Å². The molecule has 1 aliphatic carbocycles. The largest absolute Gasteiger partial charge is 0.383 e. The zero-order valence-electron chi connectivity index (χ0n) is 20.8. The van der Waals surface area contributed by atoms with Crippen molar-refractivity contribution in [3.8, 4) is 11.3 Å². The second kappa shape index (κ2) is 9.02. The molecule has 2 aromatic carbocycles. The summed E-state index contributed by atoms with van der Waals surface area (Å²) in [5.41, 5.74) is 8.71. The molecule has 0 radical (unpaired) electrons. The van der Waals surface area contributed by atoms with Crippen LogP contribution in [-0.2, 0) is 4.79 Å². The number of fused-ring (bicyclic) bond motifs is 2. The average Bonchev–Trinajstić information content (AvgIpc) is 3.65. The van der Waals surface area contributed by atoms with Crippen LogP contribution in [0.15, 0.2) is 53.6 Å². The maximum absolute atomic E-state index is 14.7. The van der Waals surface area contributed by atoms with Crippen molar-refractivity contribution in [2.45, 2.75) is 45.2 Å². The number of nitrogens with zero attached hydrogens (tertiary/aromatic N) is 6. The van der Waals surface area contributed by atoms with Crippen molar-refractivity contribution in [2.24, 2.45) is 0 Å². The third-order valence-corrected chi connectivity index (χ3v) is 6.79. The third kappa shape index (κ3) is 3.87. The first-order chi connectivity index (χ1) is 18.4. The predicted octanol–water partition coefficient (Wildman–Crippen LogP) is 4.22. The fourth-order valence-corrected chi connectivity index (χ4v) is 4.93. The van der Waals surface area contributed by atoms with Crippen molar-refractivity contribution in [1.29, 1.82) is 0 Å². The Labute approximate surface area is 216 Å². The summed E-state index contributed by atoms with van der Waals surface area (Å²) < 4.78 is 18.0. The lowest BCUT2D eigenvalue weighted by Crippen LogP contribution is -2.29. The number of carbonyl (C=O) groups excluding carboxylic acids is 1. The van der Waals surface area contributed by atoms with Gasteiger partial charge in [0.2, 0.25) is 5.91 Å². The van der Waals surface area contributed by atoms with Crippen molar-refractivity contribution in [1.82, 2.24) is 29.3 Å². The molecular weight excluding hydrogens is 487 g/mol. The summed E-state index contributed by atoms with van der Waals surface area (Å²) in [5, 5.41) is 8.25. The first kappa shape index (κ1) is 23.7. The van der Waals surface area contributed by atoms with Gasteiger partial charge < -0.3 is 11.1 Å². The SMILES string of the molecule is CCC(c1nc2cccc(F)c2c(=O)n1C1CC1)n1nc(-c2ccc(NC(C)=O)cc2)c2c(N)ncnc21. The summed E-state index contributed by atoms with van der Waals surface area (Å²) in [6.45, 7) is 3.42. The number of rotatable bonds is 6. The van der Waals surface area contributed by atoms with E-state index in [2.05, 4.69) is 15.3 Å². The normalized spacial score (nSPS) is 14.2. The van der Waals surface area contributed by atoms with Gasteiger partial charge in [0.15, 0.2) is 5.65 Å². The highest BCUT2D eigenvalue weighted by molar-refractivity contribution is 5.98. The van der Waals surface area contributed by atoms with Crippen LogP contribution >= 0.6 is 0 Å². The molecular formula is C27H25FN8O2. The van der Waals surface area contributed by atoms with Gasteiger partial charge in [0.25, 0.3) is 5.56 Å². The number of hydrogen-bond donors (Lipinski definition) is 2. The molecule has 1 atom stereocenters. The number of carbonyl (C=O) groups is 1. The van der Waals surface area contributed by atoms with Crippen LogP contribution in [0.5, 0.6) is 0 Å². The van der Waals surface area contributed by atoms with Crippen LogP contribution in [0.2, 0.25) is 0 Å². The minimum absolute atomic E-state index is 0.00477. The minimum Gasteiger partial charge on any atom is -0.383 e. The summed E-state index contributed by atoms with van der Waals surface area (Å²) in [4.78, 5) is 38.5. The smallest absolute Gasteiger partial charge is 0.264 e. The number of nitrogen functional groups attached to an aromatic ring is 1. The lowest BCUT2D eigenvalue weighted by molar-refractivity contribution is -0.114. The summed E-state index contributed by atoms with van der Waals surface area (Å²) in [7, 11) is 0. The van der Waals surface area contributed by atoms with Crippen molar-refractivity contribution in [3.63, 3.8) is 0 Å². The van der Waals surface area contributed by atoms with Gasteiger partial charge in [0, 0.05) is 24.2 Å². The van der Waals surface area contributed by atoms with Crippen LogP contribution in [0, 0.1) is 5.82 Å². The molecule has 0 saturated heterocycles. The van der Waals surface area contributed by atoms with Crippen LogP contribution in [0.4, 0.5) is 15.9 Å². The van der Waals surface area contributed by atoms with E-state index in [1.165, 1.54) is 19.3 Å². The second-order valence-corrected chi connectivity index (χ2v) is 9.44. The van der Waals surface area contributed by atoms with Gasteiger partial charge in [-0.15, -0.1) is 0 Å². The Balaban J connectivity index is 1.57. The van der Waals surface area contributed by atoms with E-state index in [1.807, 2.05) is 19.1 Å². The lowest BCUT2D eigenvalue weighted by atomic mass is 10.1. The summed E-state index contributed by atoms with van der Waals surface area (Å²) in [6.07, 6.45) is 3.57. The van der Waals surface area contributed by atoms with Crippen LogP contribution in [0.3, 0.4) is 0 Å². The maximum atomic E-state index is 14.7. The molecule has 0 spiro atoms. The Hall–Kier alpha value is -4.67. The number of aromatic nitrogens is 6. The first-order valence-electron chi connectivity index (χ1n) is 12.4. The van der Waals surface area contributed by atoms with E-state index >= 15 is 0 Å². The zero-order chi connectivity index (χ0) is 26.6. The van der Waals surface area contributed by atoms with Crippen molar-refractivity contribution in [2.75, 3.05) is 11.1 Å². The van der Waals surface area contributed by atoms with Crippen molar-refractivity contribution >= 4 is 39.3 Å². The molecule has 1 fully saturated rings. The predicted molar refractivity (Wildman–Crippen MR) is 142 cm³/mol. The number of nitrogens with two attached hydrogens (primary N) is 1. The molecule has 1 unspecified atom stereocenters. The Morgan fingerprint density at radius 1 is 1.16 bits per heavy atom. The highest BCUT2D eigenvalue weighted by Crippen LogP contribution is 2.39. The average molecular weight is 513 g/mol. The van der Waals surface area contributed by atoms with Gasteiger partial charge in [-0.25, -0.2) is 24.0 Å². The molecule has 1 aliphatic rings. The number of nitrogens with one attached hydrogen (secondary N) is 1. The highest BCUT2D eigenvalue weighted by atomic mass is 19.1. The standard InChI is InChI=1S/C27H25FN8O2/c1-3-20(25-33-19-6-4-5-18(28)21(19)27(38)35(25)17-11-12-17)36-26-22(24(29)30-13-31-26)23(34-36)15-7-9-16(10-8-15)32-14(2)37/h4-10,13,17,20H,3,11-12H2,1-2H3,(H,32,37)(H2,29,30,31). The number of amides is 1. The van der Waals surface area contributed by atoms with Crippen LogP contribution < -0.4 is 16.6 Å². The Morgan fingerprint density at radius 3 is 2.61 bits per heavy atom. The lowest BCUT2D eigenvalue weighted by Gasteiger charge is -2.21. The number of benzene rings is 2. The molecule has 3 heterocycles. The first-order valence-corrected chi connectivity index (χ1v) is 12.4. The summed E-state index contributed by atoms with van der Waals surface area (Å²) >= 11 is 0.